The number of hydrogen-bond donors (Lipinski definition) is 1. The highest BCUT2D eigenvalue weighted by atomic mass is 19.1. The number of benzene rings is 1. The molecule has 1 N–H and O–H groups in total. The van der Waals surface area contributed by atoms with Crippen molar-refractivity contribution in [1.29, 1.82) is 5.26 Å². The smallest absolute Gasteiger partial charge is 0.328 e. The van der Waals surface area contributed by atoms with Crippen molar-refractivity contribution < 1.29 is 19.0 Å². The highest BCUT2D eigenvalue weighted by Gasteiger charge is 2.05. The third kappa shape index (κ3) is 3.88. The fraction of sp³-hybridized carbons (Fsp3) is 0. The molecule has 0 amide bonds. The van der Waals surface area contributed by atoms with E-state index in [1.165, 1.54) is 30.5 Å². The SMILES string of the molecule is N#Cc1ccc(Oc2ccc(/C=C/C(=O)O)cn2)cc1F. The van der Waals surface area contributed by atoms with Gasteiger partial charge in [-0.05, 0) is 29.8 Å². The molecule has 0 saturated heterocycles. The van der Waals surface area contributed by atoms with Gasteiger partial charge in [-0.3, -0.25) is 0 Å². The number of aromatic nitrogens is 1. The number of carbonyl (C=O) groups is 1. The van der Waals surface area contributed by atoms with Crippen LogP contribution in [0.5, 0.6) is 11.6 Å². The van der Waals surface area contributed by atoms with Crippen LogP contribution in [0.25, 0.3) is 6.08 Å². The molecule has 2 aromatic rings. The van der Waals surface area contributed by atoms with E-state index in [1.807, 2.05) is 0 Å². The van der Waals surface area contributed by atoms with Gasteiger partial charge in [0.1, 0.15) is 17.6 Å². The topological polar surface area (TPSA) is 83.2 Å². The Hall–Kier alpha value is -3.20. The van der Waals surface area contributed by atoms with E-state index < -0.39 is 11.8 Å². The lowest BCUT2D eigenvalue weighted by Gasteiger charge is -2.05. The Morgan fingerprint density at radius 1 is 1.38 bits per heavy atom. The molecule has 1 heterocycles. The summed E-state index contributed by atoms with van der Waals surface area (Å²) in [7, 11) is 0. The number of hydrogen-bond acceptors (Lipinski definition) is 4. The second-order valence-electron chi connectivity index (χ2n) is 3.96. The van der Waals surface area contributed by atoms with E-state index in [2.05, 4.69) is 4.98 Å². The molecular weight excluding hydrogens is 275 g/mol. The highest BCUT2D eigenvalue weighted by molar-refractivity contribution is 5.85. The van der Waals surface area contributed by atoms with E-state index in [9.17, 15) is 9.18 Å². The van der Waals surface area contributed by atoms with E-state index in [0.717, 1.165) is 12.1 Å². The quantitative estimate of drug-likeness (QED) is 0.872. The first-order valence-electron chi connectivity index (χ1n) is 5.83. The number of halogens is 1. The van der Waals surface area contributed by atoms with Gasteiger partial charge in [0.25, 0.3) is 0 Å². The first-order chi connectivity index (χ1) is 10.1. The Morgan fingerprint density at radius 3 is 2.76 bits per heavy atom. The molecule has 0 fully saturated rings. The predicted octanol–water partition coefficient (Wildman–Crippen LogP) is 2.98. The van der Waals surface area contributed by atoms with E-state index in [4.69, 9.17) is 15.1 Å². The summed E-state index contributed by atoms with van der Waals surface area (Å²) in [6.07, 6.45) is 3.81. The number of nitrogens with zero attached hydrogens (tertiary/aromatic N) is 2. The predicted molar refractivity (Wildman–Crippen MR) is 72.1 cm³/mol. The van der Waals surface area contributed by atoms with E-state index in [-0.39, 0.29) is 17.2 Å². The standard InChI is InChI=1S/C15H9FN2O3/c16-13-7-12(4-3-11(13)8-17)21-14-5-1-10(9-18-14)2-6-15(19)20/h1-7,9H,(H,19,20)/b6-2+. The van der Waals surface area contributed by atoms with Crippen molar-refractivity contribution in [3.63, 3.8) is 0 Å². The number of ether oxygens (including phenoxy) is 1. The van der Waals surface area contributed by atoms with Gasteiger partial charge in [-0.15, -0.1) is 0 Å². The fourth-order valence-corrected chi connectivity index (χ4v) is 1.49. The lowest BCUT2D eigenvalue weighted by Crippen LogP contribution is -1.91. The zero-order valence-corrected chi connectivity index (χ0v) is 10.7. The molecule has 0 saturated carbocycles. The van der Waals surface area contributed by atoms with Crippen LogP contribution in [0.4, 0.5) is 4.39 Å². The fourth-order valence-electron chi connectivity index (χ4n) is 1.49. The maximum absolute atomic E-state index is 13.4. The lowest BCUT2D eigenvalue weighted by atomic mass is 10.2. The van der Waals surface area contributed by atoms with Crippen LogP contribution in [0, 0.1) is 17.1 Å². The van der Waals surface area contributed by atoms with Crippen LogP contribution in [-0.4, -0.2) is 16.1 Å². The van der Waals surface area contributed by atoms with Gasteiger partial charge in [0, 0.05) is 24.4 Å². The molecule has 2 rings (SSSR count). The molecule has 0 radical (unpaired) electrons. The number of aliphatic carboxylic acids is 1. The van der Waals surface area contributed by atoms with Gasteiger partial charge >= 0.3 is 5.97 Å². The summed E-state index contributed by atoms with van der Waals surface area (Å²) >= 11 is 0. The molecule has 0 spiro atoms. The largest absolute Gasteiger partial charge is 0.478 e. The van der Waals surface area contributed by atoms with Gasteiger partial charge in [0.2, 0.25) is 5.88 Å². The van der Waals surface area contributed by atoms with Gasteiger partial charge in [0.15, 0.2) is 0 Å². The number of carboxylic acids is 1. The van der Waals surface area contributed by atoms with E-state index in [0.29, 0.717) is 5.56 Å². The molecule has 0 atom stereocenters. The van der Waals surface area contributed by atoms with E-state index in [1.54, 1.807) is 12.1 Å². The molecule has 1 aromatic heterocycles. The van der Waals surface area contributed by atoms with Crippen molar-refractivity contribution in [2.45, 2.75) is 0 Å². The van der Waals surface area contributed by atoms with Crippen molar-refractivity contribution >= 4 is 12.0 Å². The monoisotopic (exact) mass is 284 g/mol. The molecule has 21 heavy (non-hydrogen) atoms. The molecule has 0 unspecified atom stereocenters. The van der Waals surface area contributed by atoms with Crippen molar-refractivity contribution in [2.24, 2.45) is 0 Å². The van der Waals surface area contributed by atoms with Crippen LogP contribution < -0.4 is 4.74 Å². The normalized spacial score (nSPS) is 10.3. The van der Waals surface area contributed by atoms with Gasteiger partial charge in [0.05, 0.1) is 5.56 Å². The van der Waals surface area contributed by atoms with Gasteiger partial charge < -0.3 is 9.84 Å². The Bertz CT molecular complexity index is 734. The minimum atomic E-state index is -1.05. The zero-order valence-electron chi connectivity index (χ0n) is 10.7. The molecule has 0 aliphatic carbocycles. The summed E-state index contributed by atoms with van der Waals surface area (Å²) in [5, 5.41) is 17.1. The molecule has 6 heteroatoms. The van der Waals surface area contributed by atoms with Crippen molar-refractivity contribution in [3.8, 4) is 17.7 Å². The van der Waals surface area contributed by atoms with Crippen LogP contribution >= 0.6 is 0 Å². The summed E-state index contributed by atoms with van der Waals surface area (Å²) in [6, 6.07) is 8.72. The molecule has 104 valence electrons. The molecular formula is C15H9FN2O3. The number of rotatable bonds is 4. The minimum Gasteiger partial charge on any atom is -0.478 e. The first kappa shape index (κ1) is 14.2. The summed E-state index contributed by atoms with van der Waals surface area (Å²) in [5.41, 5.74) is 0.528. The maximum Gasteiger partial charge on any atom is 0.328 e. The van der Waals surface area contributed by atoms with Gasteiger partial charge in [-0.1, -0.05) is 0 Å². The average molecular weight is 284 g/mol. The first-order valence-corrected chi connectivity index (χ1v) is 5.83. The Kier molecular flexibility index (Phi) is 4.26. The van der Waals surface area contributed by atoms with Crippen LogP contribution in [0.15, 0.2) is 42.6 Å². The minimum absolute atomic E-state index is 0.0653. The number of nitriles is 1. The second kappa shape index (κ2) is 6.30. The Labute approximate surface area is 119 Å². The third-order valence-corrected chi connectivity index (χ3v) is 2.46. The van der Waals surface area contributed by atoms with Crippen molar-refractivity contribution in [2.75, 3.05) is 0 Å². The van der Waals surface area contributed by atoms with Crippen LogP contribution in [0.3, 0.4) is 0 Å². The summed E-state index contributed by atoms with van der Waals surface area (Å²) < 4.78 is 18.7. The third-order valence-electron chi connectivity index (χ3n) is 2.46. The van der Waals surface area contributed by atoms with Crippen LogP contribution in [-0.2, 0) is 4.79 Å². The zero-order chi connectivity index (χ0) is 15.2. The van der Waals surface area contributed by atoms with Gasteiger partial charge in [-0.25, -0.2) is 14.2 Å². The second-order valence-corrected chi connectivity index (χ2v) is 3.96. The van der Waals surface area contributed by atoms with Crippen molar-refractivity contribution in [1.82, 2.24) is 4.98 Å². The average Bonchev–Trinajstić information content (AvgIpc) is 2.47. The number of carboxylic acid groups (broad SMARTS) is 1. The Morgan fingerprint density at radius 2 is 2.19 bits per heavy atom. The summed E-state index contributed by atoms with van der Waals surface area (Å²) in [6.45, 7) is 0. The molecule has 0 aliphatic heterocycles. The van der Waals surface area contributed by atoms with Crippen LogP contribution in [0.2, 0.25) is 0 Å². The van der Waals surface area contributed by atoms with E-state index >= 15 is 0 Å². The highest BCUT2D eigenvalue weighted by Crippen LogP contribution is 2.22. The summed E-state index contributed by atoms with van der Waals surface area (Å²) in [4.78, 5) is 14.3. The van der Waals surface area contributed by atoms with Crippen molar-refractivity contribution in [3.05, 3.63) is 59.5 Å². The molecule has 5 nitrogen and oxygen atoms in total. The lowest BCUT2D eigenvalue weighted by molar-refractivity contribution is -0.131. The maximum atomic E-state index is 13.4. The Balaban J connectivity index is 2.12. The molecule has 1 aromatic carbocycles. The molecule has 0 bridgehead atoms. The number of pyridine rings is 1. The molecule has 0 aliphatic rings. The van der Waals surface area contributed by atoms with Gasteiger partial charge in [-0.2, -0.15) is 5.26 Å². The summed E-state index contributed by atoms with van der Waals surface area (Å²) in [5.74, 6) is -1.28. The van der Waals surface area contributed by atoms with Crippen LogP contribution in [0.1, 0.15) is 11.1 Å².